The van der Waals surface area contributed by atoms with E-state index in [1.807, 2.05) is 19.1 Å². The number of amides is 1. The van der Waals surface area contributed by atoms with Crippen LogP contribution in [0.1, 0.15) is 22.3 Å². The van der Waals surface area contributed by atoms with Crippen molar-refractivity contribution in [3.8, 4) is 5.75 Å². The van der Waals surface area contributed by atoms with Crippen molar-refractivity contribution in [2.24, 2.45) is 0 Å². The van der Waals surface area contributed by atoms with Crippen LogP contribution in [-0.2, 0) is 9.59 Å². The summed E-state index contributed by atoms with van der Waals surface area (Å²) in [6.45, 7) is 1.92. The summed E-state index contributed by atoms with van der Waals surface area (Å²) in [6.07, 6.45) is -0.481. The molecule has 0 radical (unpaired) electrons. The molecule has 0 heterocycles. The van der Waals surface area contributed by atoms with Crippen LogP contribution in [0.15, 0.2) is 48.5 Å². The van der Waals surface area contributed by atoms with Crippen molar-refractivity contribution in [1.82, 2.24) is 0 Å². The first kappa shape index (κ1) is 16.4. The fourth-order valence-electron chi connectivity index (χ4n) is 1.96. The molecule has 0 fully saturated rings. The van der Waals surface area contributed by atoms with Gasteiger partial charge in [-0.05, 0) is 31.2 Å². The summed E-state index contributed by atoms with van der Waals surface area (Å²) in [5.41, 5.74) is 1.89. The van der Waals surface area contributed by atoms with Gasteiger partial charge in [0, 0.05) is 11.3 Å². The summed E-state index contributed by atoms with van der Waals surface area (Å²) < 4.78 is 5.03. The first-order valence-corrected chi connectivity index (χ1v) is 7.07. The molecule has 2 aromatic rings. The molecule has 0 atom stereocenters. The van der Waals surface area contributed by atoms with Crippen LogP contribution in [0.25, 0.3) is 0 Å². The maximum Gasteiger partial charge on any atom is 0.292 e. The maximum atomic E-state index is 12.1. The number of aryl methyl sites for hydroxylation is 1. The van der Waals surface area contributed by atoms with Gasteiger partial charge in [-0.2, -0.15) is 0 Å². The number of carbonyl (C=O) groups is 3. The number of carbonyl (C=O) groups excluding carboxylic acids is 3. The molecule has 2 aromatic carbocycles. The maximum absolute atomic E-state index is 12.1. The van der Waals surface area contributed by atoms with Crippen molar-refractivity contribution >= 4 is 23.2 Å². The highest BCUT2D eigenvalue weighted by molar-refractivity contribution is 6.44. The van der Waals surface area contributed by atoms with Gasteiger partial charge in [-0.3, -0.25) is 14.4 Å². The molecule has 0 aliphatic carbocycles. The van der Waals surface area contributed by atoms with E-state index in [0.29, 0.717) is 17.0 Å². The van der Waals surface area contributed by atoms with E-state index < -0.39 is 23.9 Å². The molecule has 5 nitrogen and oxygen atoms in total. The number of ether oxygens (including phenoxy) is 1. The lowest BCUT2D eigenvalue weighted by Gasteiger charge is -2.05. The monoisotopic (exact) mass is 311 g/mol. The molecule has 0 aliphatic heterocycles. The molecule has 0 unspecified atom stereocenters. The molecular weight excluding hydrogens is 294 g/mol. The third-order valence-corrected chi connectivity index (χ3v) is 3.28. The van der Waals surface area contributed by atoms with Gasteiger partial charge in [0.15, 0.2) is 5.78 Å². The van der Waals surface area contributed by atoms with Crippen LogP contribution in [0.3, 0.4) is 0 Å². The average molecular weight is 311 g/mol. The first-order chi connectivity index (χ1) is 11.0. The van der Waals surface area contributed by atoms with Gasteiger partial charge in [0.25, 0.3) is 5.91 Å². The zero-order valence-electron chi connectivity index (χ0n) is 13.0. The van der Waals surface area contributed by atoms with Gasteiger partial charge < -0.3 is 10.1 Å². The lowest BCUT2D eigenvalue weighted by Crippen LogP contribution is -2.25. The van der Waals surface area contributed by atoms with Gasteiger partial charge >= 0.3 is 0 Å². The summed E-state index contributed by atoms with van der Waals surface area (Å²) in [5, 5.41) is 2.48. The topological polar surface area (TPSA) is 72.5 Å². The lowest BCUT2D eigenvalue weighted by molar-refractivity contribution is -0.134. The molecule has 0 aliphatic rings. The minimum absolute atomic E-state index is 0.334. The Hall–Kier alpha value is -2.95. The van der Waals surface area contributed by atoms with Gasteiger partial charge in [-0.25, -0.2) is 0 Å². The number of hydrogen-bond acceptors (Lipinski definition) is 4. The minimum Gasteiger partial charge on any atom is -0.497 e. The number of nitrogens with one attached hydrogen (secondary N) is 1. The summed E-state index contributed by atoms with van der Waals surface area (Å²) in [4.78, 5) is 35.8. The van der Waals surface area contributed by atoms with Crippen LogP contribution >= 0.6 is 0 Å². The predicted molar refractivity (Wildman–Crippen MR) is 86.8 cm³/mol. The number of anilines is 1. The summed E-state index contributed by atoms with van der Waals surface area (Å²) >= 11 is 0. The van der Waals surface area contributed by atoms with Crippen molar-refractivity contribution in [3.63, 3.8) is 0 Å². The Morgan fingerprint density at radius 2 is 1.74 bits per heavy atom. The minimum atomic E-state index is -0.801. The van der Waals surface area contributed by atoms with Crippen LogP contribution in [-0.4, -0.2) is 24.6 Å². The van der Waals surface area contributed by atoms with E-state index in [-0.39, 0.29) is 0 Å². The Kier molecular flexibility index (Phi) is 5.25. The normalized spacial score (nSPS) is 10.0. The van der Waals surface area contributed by atoms with Crippen LogP contribution in [0, 0.1) is 6.92 Å². The summed E-state index contributed by atoms with van der Waals surface area (Å²) in [7, 11) is 1.49. The first-order valence-electron chi connectivity index (χ1n) is 7.07. The van der Waals surface area contributed by atoms with Crippen LogP contribution in [0.5, 0.6) is 5.75 Å². The Labute approximate surface area is 134 Å². The SMILES string of the molecule is COc1cccc(C(=O)CC(=O)C(=O)Nc2ccc(C)cc2)c1. The van der Waals surface area contributed by atoms with E-state index in [1.54, 1.807) is 30.3 Å². The lowest BCUT2D eigenvalue weighted by atomic mass is 10.1. The molecule has 1 N–H and O–H groups in total. The zero-order valence-corrected chi connectivity index (χ0v) is 13.0. The van der Waals surface area contributed by atoms with Gasteiger partial charge in [0.2, 0.25) is 5.78 Å². The third-order valence-electron chi connectivity index (χ3n) is 3.28. The molecule has 0 saturated heterocycles. The molecule has 0 saturated carbocycles. The van der Waals surface area contributed by atoms with E-state index in [9.17, 15) is 14.4 Å². The largest absolute Gasteiger partial charge is 0.497 e. The van der Waals surface area contributed by atoms with Gasteiger partial charge in [-0.15, -0.1) is 0 Å². The smallest absolute Gasteiger partial charge is 0.292 e. The second-order valence-electron chi connectivity index (χ2n) is 5.08. The van der Waals surface area contributed by atoms with Gasteiger partial charge in [0.1, 0.15) is 5.75 Å². The van der Waals surface area contributed by atoms with Crippen molar-refractivity contribution in [2.45, 2.75) is 13.3 Å². The second-order valence-corrected chi connectivity index (χ2v) is 5.08. The predicted octanol–water partition coefficient (Wildman–Crippen LogP) is 2.78. The zero-order chi connectivity index (χ0) is 16.8. The van der Waals surface area contributed by atoms with Crippen molar-refractivity contribution < 1.29 is 19.1 Å². The van der Waals surface area contributed by atoms with Crippen molar-refractivity contribution in [2.75, 3.05) is 12.4 Å². The molecule has 0 bridgehead atoms. The number of ketones is 2. The molecule has 118 valence electrons. The highest BCUT2D eigenvalue weighted by Crippen LogP contribution is 2.14. The molecular formula is C18H17NO4. The molecule has 23 heavy (non-hydrogen) atoms. The Morgan fingerprint density at radius 1 is 1.04 bits per heavy atom. The van der Waals surface area contributed by atoms with E-state index in [2.05, 4.69) is 5.32 Å². The van der Waals surface area contributed by atoms with E-state index >= 15 is 0 Å². The quantitative estimate of drug-likeness (QED) is 0.506. The number of methoxy groups -OCH3 is 1. The Bertz CT molecular complexity index is 735. The average Bonchev–Trinajstić information content (AvgIpc) is 2.56. The number of benzene rings is 2. The van der Waals surface area contributed by atoms with Gasteiger partial charge in [-0.1, -0.05) is 29.8 Å². The fraction of sp³-hybridized carbons (Fsp3) is 0.167. The molecule has 2 rings (SSSR count). The second kappa shape index (κ2) is 7.35. The number of rotatable bonds is 6. The molecule has 1 amide bonds. The summed E-state index contributed by atoms with van der Waals surface area (Å²) in [6, 6.07) is 13.5. The molecule has 0 spiro atoms. The molecule has 5 heteroatoms. The number of hydrogen-bond donors (Lipinski definition) is 1. The fourth-order valence-corrected chi connectivity index (χ4v) is 1.96. The number of Topliss-reactive ketones (excluding diaryl/α,β-unsaturated/α-hetero) is 2. The van der Waals surface area contributed by atoms with E-state index in [1.165, 1.54) is 13.2 Å². The van der Waals surface area contributed by atoms with E-state index in [0.717, 1.165) is 5.56 Å². The third kappa shape index (κ3) is 4.51. The van der Waals surface area contributed by atoms with Crippen LogP contribution in [0.4, 0.5) is 5.69 Å². The van der Waals surface area contributed by atoms with Crippen LogP contribution < -0.4 is 10.1 Å². The van der Waals surface area contributed by atoms with Crippen molar-refractivity contribution in [1.29, 1.82) is 0 Å². The highest BCUT2D eigenvalue weighted by atomic mass is 16.5. The molecule has 0 aromatic heterocycles. The standard InChI is InChI=1S/C18H17NO4/c1-12-6-8-14(9-7-12)19-18(22)17(21)11-16(20)13-4-3-5-15(10-13)23-2/h3-10H,11H2,1-2H3,(H,19,22). The van der Waals surface area contributed by atoms with Crippen molar-refractivity contribution in [3.05, 3.63) is 59.7 Å². The highest BCUT2D eigenvalue weighted by Gasteiger charge is 2.19. The van der Waals surface area contributed by atoms with Gasteiger partial charge in [0.05, 0.1) is 13.5 Å². The Morgan fingerprint density at radius 3 is 2.39 bits per heavy atom. The Balaban J connectivity index is 1.98. The van der Waals surface area contributed by atoms with E-state index in [4.69, 9.17) is 4.74 Å². The summed E-state index contributed by atoms with van der Waals surface area (Å²) in [5.74, 6) is -1.48. The van der Waals surface area contributed by atoms with Crippen LogP contribution in [0.2, 0.25) is 0 Å².